The maximum Gasteiger partial charge on any atom is 0.116 e. The van der Waals surface area contributed by atoms with Gasteiger partial charge in [0.05, 0.1) is 0 Å². The molecule has 15 heavy (non-hydrogen) atoms. The van der Waals surface area contributed by atoms with E-state index in [4.69, 9.17) is 0 Å². The highest BCUT2D eigenvalue weighted by molar-refractivity contribution is 5.32. The smallest absolute Gasteiger partial charge is 0.116 e. The molecule has 0 spiro atoms. The maximum atomic E-state index is 9.49. The molecule has 0 atom stereocenters. The fourth-order valence-electron chi connectivity index (χ4n) is 2.06. The highest BCUT2D eigenvalue weighted by Gasteiger charge is 2.10. The van der Waals surface area contributed by atoms with Crippen LogP contribution in [-0.2, 0) is 6.54 Å². The van der Waals surface area contributed by atoms with Crippen molar-refractivity contribution in [2.75, 3.05) is 26.2 Å². The van der Waals surface area contributed by atoms with Crippen LogP contribution in [0.3, 0.4) is 0 Å². The largest absolute Gasteiger partial charge is 0.508 e. The van der Waals surface area contributed by atoms with Crippen LogP contribution in [0.2, 0.25) is 0 Å². The fourth-order valence-corrected chi connectivity index (χ4v) is 2.06. The standard InChI is InChI=1S/C12H18N2O/c1-10-6-11(8-12(15)7-10)9-14-4-2-13-3-5-14/h6-8,13,15H,2-5,9H2,1H3. The Labute approximate surface area is 90.7 Å². The van der Waals surface area contributed by atoms with Gasteiger partial charge in [0, 0.05) is 32.7 Å². The quantitative estimate of drug-likeness (QED) is 0.761. The van der Waals surface area contributed by atoms with Crippen molar-refractivity contribution in [1.29, 1.82) is 0 Å². The molecule has 0 saturated carbocycles. The molecular weight excluding hydrogens is 188 g/mol. The molecule has 1 aromatic rings. The van der Waals surface area contributed by atoms with Gasteiger partial charge in [-0.2, -0.15) is 0 Å². The summed E-state index contributed by atoms with van der Waals surface area (Å²) in [6.07, 6.45) is 0. The van der Waals surface area contributed by atoms with E-state index < -0.39 is 0 Å². The van der Waals surface area contributed by atoms with Gasteiger partial charge in [-0.15, -0.1) is 0 Å². The Bertz CT molecular complexity index is 312. The first kappa shape index (κ1) is 10.5. The number of rotatable bonds is 2. The van der Waals surface area contributed by atoms with Gasteiger partial charge in [-0.05, 0) is 30.2 Å². The van der Waals surface area contributed by atoms with E-state index in [1.54, 1.807) is 6.07 Å². The molecular formula is C12H18N2O. The Hall–Kier alpha value is -1.06. The molecule has 1 fully saturated rings. The summed E-state index contributed by atoms with van der Waals surface area (Å²) < 4.78 is 0. The van der Waals surface area contributed by atoms with Crippen LogP contribution in [0.15, 0.2) is 18.2 Å². The molecule has 0 unspecified atom stereocenters. The molecule has 3 heteroatoms. The van der Waals surface area contributed by atoms with Crippen molar-refractivity contribution in [2.45, 2.75) is 13.5 Å². The fraction of sp³-hybridized carbons (Fsp3) is 0.500. The lowest BCUT2D eigenvalue weighted by Crippen LogP contribution is -2.42. The van der Waals surface area contributed by atoms with Crippen LogP contribution < -0.4 is 5.32 Å². The van der Waals surface area contributed by atoms with Gasteiger partial charge in [-0.3, -0.25) is 4.90 Å². The van der Waals surface area contributed by atoms with E-state index in [2.05, 4.69) is 16.3 Å². The molecule has 0 bridgehead atoms. The summed E-state index contributed by atoms with van der Waals surface area (Å²) in [5.41, 5.74) is 2.33. The molecule has 2 N–H and O–H groups in total. The average Bonchev–Trinajstić information content (AvgIpc) is 2.17. The first-order valence-electron chi connectivity index (χ1n) is 5.47. The molecule has 1 aromatic carbocycles. The van der Waals surface area contributed by atoms with Crippen LogP contribution >= 0.6 is 0 Å². The van der Waals surface area contributed by atoms with E-state index in [1.165, 1.54) is 5.56 Å². The minimum Gasteiger partial charge on any atom is -0.508 e. The Morgan fingerprint density at radius 2 is 2.00 bits per heavy atom. The second-order valence-electron chi connectivity index (χ2n) is 4.20. The number of nitrogens with zero attached hydrogens (tertiary/aromatic N) is 1. The van der Waals surface area contributed by atoms with E-state index >= 15 is 0 Å². The third-order valence-corrected chi connectivity index (χ3v) is 2.74. The van der Waals surface area contributed by atoms with Gasteiger partial charge in [-0.1, -0.05) is 6.07 Å². The van der Waals surface area contributed by atoms with Gasteiger partial charge >= 0.3 is 0 Å². The van der Waals surface area contributed by atoms with Gasteiger partial charge in [0.25, 0.3) is 0 Å². The van der Waals surface area contributed by atoms with E-state index in [0.29, 0.717) is 5.75 Å². The minimum absolute atomic E-state index is 0.375. The average molecular weight is 206 g/mol. The highest BCUT2D eigenvalue weighted by Crippen LogP contribution is 2.16. The third kappa shape index (κ3) is 2.94. The Morgan fingerprint density at radius 3 is 2.67 bits per heavy atom. The van der Waals surface area contributed by atoms with E-state index in [1.807, 2.05) is 13.0 Å². The van der Waals surface area contributed by atoms with Crippen LogP contribution in [0.4, 0.5) is 0 Å². The molecule has 82 valence electrons. The molecule has 1 saturated heterocycles. The molecule has 0 amide bonds. The summed E-state index contributed by atoms with van der Waals surface area (Å²) in [6.45, 7) is 7.27. The Kier molecular flexibility index (Phi) is 3.23. The van der Waals surface area contributed by atoms with E-state index in [-0.39, 0.29) is 0 Å². The minimum atomic E-state index is 0.375. The SMILES string of the molecule is Cc1cc(O)cc(CN2CCNCC2)c1. The van der Waals surface area contributed by atoms with Crippen molar-refractivity contribution in [3.05, 3.63) is 29.3 Å². The number of piperazine rings is 1. The molecule has 1 aliphatic rings. The second-order valence-corrected chi connectivity index (χ2v) is 4.20. The molecule has 0 aromatic heterocycles. The first-order valence-corrected chi connectivity index (χ1v) is 5.47. The number of aromatic hydroxyl groups is 1. The van der Waals surface area contributed by atoms with Crippen LogP contribution in [0.5, 0.6) is 5.75 Å². The number of nitrogens with one attached hydrogen (secondary N) is 1. The van der Waals surface area contributed by atoms with E-state index in [0.717, 1.165) is 38.3 Å². The monoisotopic (exact) mass is 206 g/mol. The van der Waals surface area contributed by atoms with Crippen molar-refractivity contribution in [3.8, 4) is 5.75 Å². The summed E-state index contributed by atoms with van der Waals surface area (Å²) in [7, 11) is 0. The number of phenols is 1. The summed E-state index contributed by atoms with van der Waals surface area (Å²) in [5.74, 6) is 0.375. The van der Waals surface area contributed by atoms with Crippen LogP contribution in [-0.4, -0.2) is 36.2 Å². The summed E-state index contributed by atoms with van der Waals surface area (Å²) in [6, 6.07) is 5.79. The van der Waals surface area contributed by atoms with E-state index in [9.17, 15) is 5.11 Å². The second kappa shape index (κ2) is 4.64. The third-order valence-electron chi connectivity index (χ3n) is 2.74. The number of phenolic OH excluding ortho intramolecular Hbond substituents is 1. The van der Waals surface area contributed by atoms with Gasteiger partial charge in [0.1, 0.15) is 5.75 Å². The van der Waals surface area contributed by atoms with Gasteiger partial charge < -0.3 is 10.4 Å². The predicted octanol–water partition coefficient (Wildman–Crippen LogP) is 1.11. The summed E-state index contributed by atoms with van der Waals surface area (Å²) in [4.78, 5) is 2.41. The van der Waals surface area contributed by atoms with Crippen LogP contribution in [0, 0.1) is 6.92 Å². The van der Waals surface area contributed by atoms with Crippen molar-refractivity contribution in [1.82, 2.24) is 10.2 Å². The zero-order valence-electron chi connectivity index (χ0n) is 9.16. The van der Waals surface area contributed by atoms with Crippen LogP contribution in [0.1, 0.15) is 11.1 Å². The first-order chi connectivity index (χ1) is 7.24. The topological polar surface area (TPSA) is 35.5 Å². The number of aryl methyl sites for hydroxylation is 1. The molecule has 0 radical (unpaired) electrons. The lowest BCUT2D eigenvalue weighted by Gasteiger charge is -2.27. The van der Waals surface area contributed by atoms with Crippen molar-refractivity contribution in [2.24, 2.45) is 0 Å². The number of hydrogen-bond acceptors (Lipinski definition) is 3. The molecule has 0 aliphatic carbocycles. The van der Waals surface area contributed by atoms with Crippen molar-refractivity contribution < 1.29 is 5.11 Å². The number of hydrogen-bond donors (Lipinski definition) is 2. The zero-order valence-corrected chi connectivity index (χ0v) is 9.16. The normalized spacial score (nSPS) is 17.9. The molecule has 3 nitrogen and oxygen atoms in total. The van der Waals surface area contributed by atoms with Gasteiger partial charge in [0.15, 0.2) is 0 Å². The summed E-state index contributed by atoms with van der Waals surface area (Å²) >= 11 is 0. The number of benzene rings is 1. The molecule has 2 rings (SSSR count). The lowest BCUT2D eigenvalue weighted by molar-refractivity contribution is 0.233. The maximum absolute atomic E-state index is 9.49. The predicted molar refractivity (Wildman–Crippen MR) is 61.0 cm³/mol. The zero-order chi connectivity index (χ0) is 10.7. The van der Waals surface area contributed by atoms with Crippen molar-refractivity contribution in [3.63, 3.8) is 0 Å². The lowest BCUT2D eigenvalue weighted by atomic mass is 10.1. The van der Waals surface area contributed by atoms with Crippen molar-refractivity contribution >= 4 is 0 Å². The molecule has 1 aliphatic heterocycles. The Balaban J connectivity index is 2.02. The van der Waals surface area contributed by atoms with Crippen LogP contribution in [0.25, 0.3) is 0 Å². The highest BCUT2D eigenvalue weighted by atomic mass is 16.3. The van der Waals surface area contributed by atoms with Gasteiger partial charge in [0.2, 0.25) is 0 Å². The van der Waals surface area contributed by atoms with Gasteiger partial charge in [-0.25, -0.2) is 0 Å². The molecule has 1 heterocycles. The Morgan fingerprint density at radius 1 is 1.27 bits per heavy atom. The summed E-state index contributed by atoms with van der Waals surface area (Å²) in [5, 5.41) is 12.8.